The number of ether oxygens (including phenoxy) is 1. The van der Waals surface area contributed by atoms with Crippen molar-refractivity contribution in [3.63, 3.8) is 0 Å². The molecular formula is C17H27NO3. The predicted molar refractivity (Wildman–Crippen MR) is 85.0 cm³/mol. The molecule has 0 amide bonds. The van der Waals surface area contributed by atoms with Crippen LogP contribution in [-0.4, -0.2) is 41.7 Å². The lowest BCUT2D eigenvalue weighted by Gasteiger charge is -2.25. The number of carbonyl (C=O) groups is 1. The summed E-state index contributed by atoms with van der Waals surface area (Å²) in [5.41, 5.74) is 2.41. The number of hydrogen-bond donors (Lipinski definition) is 1. The van der Waals surface area contributed by atoms with Crippen molar-refractivity contribution in [1.29, 1.82) is 0 Å². The van der Waals surface area contributed by atoms with E-state index in [4.69, 9.17) is 9.84 Å². The average molecular weight is 293 g/mol. The van der Waals surface area contributed by atoms with E-state index in [-0.39, 0.29) is 6.42 Å². The van der Waals surface area contributed by atoms with Gasteiger partial charge in [0.25, 0.3) is 0 Å². The van der Waals surface area contributed by atoms with Crippen LogP contribution in [0.5, 0.6) is 5.75 Å². The quantitative estimate of drug-likeness (QED) is 0.710. The van der Waals surface area contributed by atoms with Crippen LogP contribution < -0.4 is 4.74 Å². The number of carboxylic acids is 1. The maximum absolute atomic E-state index is 10.7. The second-order valence-electron chi connectivity index (χ2n) is 5.80. The first-order valence-corrected chi connectivity index (χ1v) is 7.55. The lowest BCUT2D eigenvalue weighted by molar-refractivity contribution is -0.137. The van der Waals surface area contributed by atoms with E-state index in [1.165, 1.54) is 11.1 Å². The van der Waals surface area contributed by atoms with E-state index >= 15 is 0 Å². The van der Waals surface area contributed by atoms with E-state index < -0.39 is 5.97 Å². The van der Waals surface area contributed by atoms with E-state index in [1.54, 1.807) is 0 Å². The minimum absolute atomic E-state index is 0.191. The van der Waals surface area contributed by atoms with Gasteiger partial charge in [-0.05, 0) is 57.4 Å². The van der Waals surface area contributed by atoms with Crippen molar-refractivity contribution in [1.82, 2.24) is 4.90 Å². The summed E-state index contributed by atoms with van der Waals surface area (Å²) in [6.07, 6.45) is 1.08. The Balaban J connectivity index is 2.35. The Labute approximate surface area is 127 Å². The van der Waals surface area contributed by atoms with Crippen molar-refractivity contribution >= 4 is 5.97 Å². The van der Waals surface area contributed by atoms with Crippen LogP contribution in [0.2, 0.25) is 0 Å². The van der Waals surface area contributed by atoms with Gasteiger partial charge in [-0.3, -0.25) is 4.79 Å². The van der Waals surface area contributed by atoms with Crippen LogP contribution in [-0.2, 0) is 4.79 Å². The summed E-state index contributed by atoms with van der Waals surface area (Å²) in [6, 6.07) is 6.56. The predicted octanol–water partition coefficient (Wildman–Crippen LogP) is 3.26. The van der Waals surface area contributed by atoms with Crippen molar-refractivity contribution in [2.24, 2.45) is 0 Å². The van der Waals surface area contributed by atoms with Gasteiger partial charge in [0, 0.05) is 19.1 Å². The third-order valence-corrected chi connectivity index (χ3v) is 3.40. The number of rotatable bonds is 9. The molecule has 0 radical (unpaired) electrons. The normalized spacial score (nSPS) is 11.1. The fourth-order valence-corrected chi connectivity index (χ4v) is 2.34. The lowest BCUT2D eigenvalue weighted by atomic mass is 10.1. The number of benzene rings is 1. The Kier molecular flexibility index (Phi) is 7.23. The van der Waals surface area contributed by atoms with Gasteiger partial charge in [0.1, 0.15) is 5.75 Å². The van der Waals surface area contributed by atoms with Crippen LogP contribution in [0, 0.1) is 13.8 Å². The molecule has 21 heavy (non-hydrogen) atoms. The molecule has 0 fully saturated rings. The largest absolute Gasteiger partial charge is 0.494 e. The molecule has 0 aromatic heterocycles. The van der Waals surface area contributed by atoms with Crippen LogP contribution in [0.15, 0.2) is 18.2 Å². The molecule has 4 heteroatoms. The lowest BCUT2D eigenvalue weighted by Crippen LogP contribution is -2.34. The second kappa shape index (κ2) is 8.67. The monoisotopic (exact) mass is 293 g/mol. The van der Waals surface area contributed by atoms with Gasteiger partial charge < -0.3 is 14.7 Å². The number of hydrogen-bond acceptors (Lipinski definition) is 3. The maximum atomic E-state index is 10.7. The van der Waals surface area contributed by atoms with E-state index in [9.17, 15) is 4.79 Å². The highest BCUT2D eigenvalue weighted by atomic mass is 16.5. The van der Waals surface area contributed by atoms with Crippen LogP contribution >= 0.6 is 0 Å². The topological polar surface area (TPSA) is 49.8 Å². The minimum Gasteiger partial charge on any atom is -0.494 e. The first kappa shape index (κ1) is 17.5. The van der Waals surface area contributed by atoms with Gasteiger partial charge in [-0.1, -0.05) is 6.07 Å². The zero-order valence-corrected chi connectivity index (χ0v) is 13.6. The molecular weight excluding hydrogens is 266 g/mol. The molecule has 0 aliphatic heterocycles. The molecule has 0 spiro atoms. The van der Waals surface area contributed by atoms with Gasteiger partial charge in [-0.2, -0.15) is 0 Å². The van der Waals surface area contributed by atoms with Crippen LogP contribution in [0.1, 0.15) is 37.8 Å². The fraction of sp³-hybridized carbons (Fsp3) is 0.588. The van der Waals surface area contributed by atoms with E-state index in [1.807, 2.05) is 12.1 Å². The van der Waals surface area contributed by atoms with Gasteiger partial charge in [0.15, 0.2) is 0 Å². The van der Waals surface area contributed by atoms with Crippen LogP contribution in [0.3, 0.4) is 0 Å². The molecule has 0 aliphatic carbocycles. The molecule has 0 saturated heterocycles. The highest BCUT2D eigenvalue weighted by molar-refractivity contribution is 5.66. The smallest absolute Gasteiger partial charge is 0.304 e. The SMILES string of the molecule is Cc1cc(C)cc(OCCCN(CCC(=O)O)C(C)C)c1. The highest BCUT2D eigenvalue weighted by Gasteiger charge is 2.10. The summed E-state index contributed by atoms with van der Waals surface area (Å²) in [4.78, 5) is 12.8. The van der Waals surface area contributed by atoms with Crippen molar-refractivity contribution in [3.8, 4) is 5.75 Å². The Morgan fingerprint density at radius 2 is 1.81 bits per heavy atom. The molecule has 1 rings (SSSR count). The van der Waals surface area contributed by atoms with E-state index in [2.05, 4.69) is 38.7 Å². The summed E-state index contributed by atoms with van der Waals surface area (Å²) in [6.45, 7) is 10.4. The third-order valence-electron chi connectivity index (χ3n) is 3.40. The van der Waals surface area contributed by atoms with Gasteiger partial charge in [-0.15, -0.1) is 0 Å². The zero-order chi connectivity index (χ0) is 15.8. The summed E-state index contributed by atoms with van der Waals surface area (Å²) in [5, 5.41) is 8.77. The van der Waals surface area contributed by atoms with Crippen molar-refractivity contribution in [3.05, 3.63) is 29.3 Å². The van der Waals surface area contributed by atoms with E-state index in [0.29, 0.717) is 19.2 Å². The Morgan fingerprint density at radius 1 is 1.19 bits per heavy atom. The van der Waals surface area contributed by atoms with Crippen LogP contribution in [0.25, 0.3) is 0 Å². The summed E-state index contributed by atoms with van der Waals surface area (Å²) in [5.74, 6) is 0.168. The number of aryl methyl sites for hydroxylation is 2. The molecule has 0 aliphatic rings. The standard InChI is InChI=1S/C17H27NO3/c1-13(2)18(8-6-17(19)20)7-5-9-21-16-11-14(3)10-15(4)12-16/h10-13H,5-9H2,1-4H3,(H,19,20). The van der Waals surface area contributed by atoms with E-state index in [0.717, 1.165) is 18.7 Å². The highest BCUT2D eigenvalue weighted by Crippen LogP contribution is 2.16. The van der Waals surface area contributed by atoms with Crippen molar-refractivity contribution < 1.29 is 14.6 Å². The molecule has 1 N–H and O–H groups in total. The van der Waals surface area contributed by atoms with Gasteiger partial charge in [-0.25, -0.2) is 0 Å². The minimum atomic E-state index is -0.743. The number of nitrogens with zero attached hydrogens (tertiary/aromatic N) is 1. The zero-order valence-electron chi connectivity index (χ0n) is 13.6. The first-order chi connectivity index (χ1) is 9.88. The molecule has 1 aromatic rings. The first-order valence-electron chi connectivity index (χ1n) is 7.55. The van der Waals surface area contributed by atoms with Gasteiger partial charge in [0.05, 0.1) is 13.0 Å². The molecule has 0 saturated carbocycles. The van der Waals surface area contributed by atoms with Crippen molar-refractivity contribution in [2.75, 3.05) is 19.7 Å². The maximum Gasteiger partial charge on any atom is 0.304 e. The average Bonchev–Trinajstić information content (AvgIpc) is 2.35. The molecule has 0 atom stereocenters. The van der Waals surface area contributed by atoms with Crippen LogP contribution in [0.4, 0.5) is 0 Å². The molecule has 0 heterocycles. The summed E-state index contributed by atoms with van der Waals surface area (Å²) >= 11 is 0. The van der Waals surface area contributed by atoms with Gasteiger partial charge in [0.2, 0.25) is 0 Å². The Bertz CT molecular complexity index is 437. The second-order valence-corrected chi connectivity index (χ2v) is 5.80. The van der Waals surface area contributed by atoms with Gasteiger partial charge >= 0.3 is 5.97 Å². The molecule has 118 valence electrons. The number of carboxylic acid groups (broad SMARTS) is 1. The third kappa shape index (κ3) is 7.14. The molecule has 4 nitrogen and oxygen atoms in total. The Morgan fingerprint density at radius 3 is 2.33 bits per heavy atom. The summed E-state index contributed by atoms with van der Waals surface area (Å²) in [7, 11) is 0. The molecule has 1 aromatic carbocycles. The fourth-order valence-electron chi connectivity index (χ4n) is 2.34. The molecule has 0 unspecified atom stereocenters. The Hall–Kier alpha value is -1.55. The molecule has 0 bridgehead atoms. The summed E-state index contributed by atoms with van der Waals surface area (Å²) < 4.78 is 5.78. The number of aliphatic carboxylic acids is 1. The van der Waals surface area contributed by atoms with Crippen molar-refractivity contribution in [2.45, 2.75) is 46.6 Å².